The first-order valence-electron chi connectivity index (χ1n) is 5.24. The van der Waals surface area contributed by atoms with Gasteiger partial charge in [-0.3, -0.25) is 4.72 Å². The van der Waals surface area contributed by atoms with E-state index in [0.29, 0.717) is 10.0 Å². The highest BCUT2D eigenvalue weighted by Gasteiger charge is 2.18. The molecule has 0 saturated carbocycles. The maximum absolute atomic E-state index is 12.2. The summed E-state index contributed by atoms with van der Waals surface area (Å²) >= 11 is 6.80. The number of sulfonamides is 1. The van der Waals surface area contributed by atoms with Crippen LogP contribution in [0.3, 0.4) is 0 Å². The standard InChI is InChI=1S/C12H12ClNO2S2/c1-8-4-3-5-9(2)12(8)14-18(15,16)11-7-6-10(13)17-11/h3-7,14H,1-2H3. The normalized spacial score (nSPS) is 11.5. The van der Waals surface area contributed by atoms with Crippen LogP contribution in [0.15, 0.2) is 34.5 Å². The van der Waals surface area contributed by atoms with E-state index in [1.165, 1.54) is 6.07 Å². The Hall–Kier alpha value is -1.04. The molecule has 1 aromatic carbocycles. The maximum Gasteiger partial charge on any atom is 0.271 e. The van der Waals surface area contributed by atoms with Crippen LogP contribution in [0.5, 0.6) is 0 Å². The number of hydrogen-bond donors (Lipinski definition) is 1. The highest BCUT2D eigenvalue weighted by Crippen LogP contribution is 2.29. The highest BCUT2D eigenvalue weighted by molar-refractivity contribution is 7.94. The number of para-hydroxylation sites is 1. The summed E-state index contributed by atoms with van der Waals surface area (Å²) in [5, 5.41) is 0. The molecule has 0 aliphatic rings. The summed E-state index contributed by atoms with van der Waals surface area (Å²) in [4.78, 5) is 0. The number of nitrogens with one attached hydrogen (secondary N) is 1. The molecule has 18 heavy (non-hydrogen) atoms. The summed E-state index contributed by atoms with van der Waals surface area (Å²) in [6.07, 6.45) is 0. The summed E-state index contributed by atoms with van der Waals surface area (Å²) in [6.45, 7) is 3.73. The van der Waals surface area contributed by atoms with Crippen LogP contribution >= 0.6 is 22.9 Å². The van der Waals surface area contributed by atoms with Crippen LogP contribution < -0.4 is 4.72 Å². The second-order valence-electron chi connectivity index (χ2n) is 3.93. The van der Waals surface area contributed by atoms with Gasteiger partial charge < -0.3 is 0 Å². The molecule has 0 unspecified atom stereocenters. The SMILES string of the molecule is Cc1cccc(C)c1NS(=O)(=O)c1ccc(Cl)s1. The van der Waals surface area contributed by atoms with Crippen molar-refractivity contribution in [2.45, 2.75) is 18.1 Å². The number of benzene rings is 1. The van der Waals surface area contributed by atoms with E-state index >= 15 is 0 Å². The van der Waals surface area contributed by atoms with Gasteiger partial charge in [0.25, 0.3) is 10.0 Å². The van der Waals surface area contributed by atoms with Gasteiger partial charge in [0.15, 0.2) is 0 Å². The predicted octanol–water partition coefficient (Wildman–Crippen LogP) is 3.82. The summed E-state index contributed by atoms with van der Waals surface area (Å²) in [6, 6.07) is 8.71. The number of hydrogen-bond acceptors (Lipinski definition) is 3. The van der Waals surface area contributed by atoms with E-state index in [-0.39, 0.29) is 4.21 Å². The minimum Gasteiger partial charge on any atom is -0.278 e. The third-order valence-electron chi connectivity index (χ3n) is 2.53. The van der Waals surface area contributed by atoms with Crippen molar-refractivity contribution in [1.29, 1.82) is 0 Å². The van der Waals surface area contributed by atoms with Gasteiger partial charge in [-0.15, -0.1) is 11.3 Å². The predicted molar refractivity (Wildman–Crippen MR) is 76.1 cm³/mol. The molecule has 0 atom stereocenters. The first kappa shape index (κ1) is 13.4. The van der Waals surface area contributed by atoms with Crippen LogP contribution in [0.2, 0.25) is 4.34 Å². The minimum atomic E-state index is -3.55. The monoisotopic (exact) mass is 301 g/mol. The van der Waals surface area contributed by atoms with Crippen LogP contribution in [-0.2, 0) is 10.0 Å². The molecule has 0 aliphatic carbocycles. The van der Waals surface area contributed by atoms with Crippen LogP contribution in [0.1, 0.15) is 11.1 Å². The molecule has 0 saturated heterocycles. The molecule has 0 amide bonds. The van der Waals surface area contributed by atoms with Crippen LogP contribution in [-0.4, -0.2) is 8.42 Å². The quantitative estimate of drug-likeness (QED) is 0.937. The van der Waals surface area contributed by atoms with Crippen molar-refractivity contribution in [3.63, 3.8) is 0 Å². The second-order valence-corrected chi connectivity index (χ2v) is 7.56. The van der Waals surface area contributed by atoms with Gasteiger partial charge in [0, 0.05) is 0 Å². The molecule has 0 bridgehead atoms. The Morgan fingerprint density at radius 2 is 1.72 bits per heavy atom. The molecule has 0 aliphatic heterocycles. The van der Waals surface area contributed by atoms with Crippen molar-refractivity contribution in [1.82, 2.24) is 0 Å². The molecule has 2 rings (SSSR count). The van der Waals surface area contributed by atoms with Crippen LogP contribution in [0.4, 0.5) is 5.69 Å². The number of rotatable bonds is 3. The molecular formula is C12H12ClNO2S2. The van der Waals surface area contributed by atoms with E-state index in [4.69, 9.17) is 11.6 Å². The minimum absolute atomic E-state index is 0.218. The largest absolute Gasteiger partial charge is 0.278 e. The van der Waals surface area contributed by atoms with Crippen molar-refractivity contribution in [3.8, 4) is 0 Å². The molecular weight excluding hydrogens is 290 g/mol. The lowest BCUT2D eigenvalue weighted by molar-refractivity contribution is 0.603. The Kier molecular flexibility index (Phi) is 3.66. The lowest BCUT2D eigenvalue weighted by atomic mass is 10.1. The summed E-state index contributed by atoms with van der Waals surface area (Å²) in [5.41, 5.74) is 2.41. The first-order valence-corrected chi connectivity index (χ1v) is 7.92. The molecule has 6 heteroatoms. The van der Waals surface area contributed by atoms with E-state index in [0.717, 1.165) is 22.5 Å². The second kappa shape index (κ2) is 4.91. The van der Waals surface area contributed by atoms with Crippen molar-refractivity contribution in [3.05, 3.63) is 45.8 Å². The van der Waals surface area contributed by atoms with Gasteiger partial charge in [0.2, 0.25) is 0 Å². The van der Waals surface area contributed by atoms with Crippen molar-refractivity contribution < 1.29 is 8.42 Å². The van der Waals surface area contributed by atoms with E-state index in [1.807, 2.05) is 32.0 Å². The fourth-order valence-corrected chi connectivity index (χ4v) is 4.29. The van der Waals surface area contributed by atoms with E-state index in [9.17, 15) is 8.42 Å². The fourth-order valence-electron chi connectivity index (χ4n) is 1.60. The average molecular weight is 302 g/mol. The molecule has 0 radical (unpaired) electrons. The maximum atomic E-state index is 12.2. The van der Waals surface area contributed by atoms with Crippen LogP contribution in [0.25, 0.3) is 0 Å². The molecule has 0 fully saturated rings. The molecule has 0 spiro atoms. The van der Waals surface area contributed by atoms with Gasteiger partial charge in [-0.1, -0.05) is 29.8 Å². The number of anilines is 1. The fraction of sp³-hybridized carbons (Fsp3) is 0.167. The van der Waals surface area contributed by atoms with Crippen molar-refractivity contribution >= 4 is 38.6 Å². The lowest BCUT2D eigenvalue weighted by Gasteiger charge is -2.11. The van der Waals surface area contributed by atoms with Crippen molar-refractivity contribution in [2.75, 3.05) is 4.72 Å². The van der Waals surface area contributed by atoms with Gasteiger partial charge in [-0.25, -0.2) is 8.42 Å². The van der Waals surface area contributed by atoms with Gasteiger partial charge >= 0.3 is 0 Å². The number of halogens is 1. The Morgan fingerprint density at radius 1 is 1.11 bits per heavy atom. The topological polar surface area (TPSA) is 46.2 Å². The first-order chi connectivity index (χ1) is 8.40. The molecule has 1 N–H and O–H groups in total. The van der Waals surface area contributed by atoms with Crippen LogP contribution in [0, 0.1) is 13.8 Å². The number of thiophene rings is 1. The van der Waals surface area contributed by atoms with Gasteiger partial charge in [-0.2, -0.15) is 0 Å². The Bertz CT molecular complexity index is 657. The van der Waals surface area contributed by atoms with Gasteiger partial charge in [-0.05, 0) is 37.1 Å². The van der Waals surface area contributed by atoms with Gasteiger partial charge in [0.05, 0.1) is 10.0 Å². The molecule has 1 aromatic heterocycles. The molecule has 96 valence electrons. The average Bonchev–Trinajstić information content (AvgIpc) is 2.71. The zero-order valence-electron chi connectivity index (χ0n) is 9.90. The smallest absolute Gasteiger partial charge is 0.271 e. The Labute approximate surface area is 115 Å². The molecule has 3 nitrogen and oxygen atoms in total. The highest BCUT2D eigenvalue weighted by atomic mass is 35.5. The lowest BCUT2D eigenvalue weighted by Crippen LogP contribution is -2.13. The van der Waals surface area contributed by atoms with Crippen molar-refractivity contribution in [2.24, 2.45) is 0 Å². The zero-order chi connectivity index (χ0) is 13.3. The Morgan fingerprint density at radius 3 is 2.22 bits per heavy atom. The van der Waals surface area contributed by atoms with E-state index < -0.39 is 10.0 Å². The van der Waals surface area contributed by atoms with E-state index in [1.54, 1.807) is 6.07 Å². The molecule has 2 aromatic rings. The summed E-state index contributed by atoms with van der Waals surface area (Å²) in [7, 11) is -3.55. The zero-order valence-corrected chi connectivity index (χ0v) is 12.3. The van der Waals surface area contributed by atoms with E-state index in [2.05, 4.69) is 4.72 Å². The van der Waals surface area contributed by atoms with Gasteiger partial charge in [0.1, 0.15) is 4.21 Å². The third-order valence-corrected chi connectivity index (χ3v) is 5.60. The number of aryl methyl sites for hydroxylation is 2. The Balaban J connectivity index is 2.40. The summed E-state index contributed by atoms with van der Waals surface area (Å²) < 4.78 is 27.6. The summed E-state index contributed by atoms with van der Waals surface area (Å²) in [5.74, 6) is 0. The molecule has 1 heterocycles. The third kappa shape index (κ3) is 2.68.